The number of carbonyl (C=O) groups excluding carboxylic acids is 1. The molecule has 290 valence electrons. The first-order chi connectivity index (χ1) is 25.1. The Balaban J connectivity index is 0.994. The van der Waals surface area contributed by atoms with Crippen LogP contribution in [0.15, 0.2) is 24.3 Å². The molecule has 0 aliphatic carbocycles. The standard InChI is InChI=1S/C40H59NO11/c1-19-11-24-5-7-28-20(2)12-26(45-28)9-10-40-17-33-36(51-40)37-38(50-33)39(52-40)35-29(49-37)8-6-25(47-35)13-22(42)14-27-31(16-30(46-24)21(19)3)48-32(34(27)44-4)15-23(43)18-41/h19,23-39,43H,2-3,5-18,41H2,1,4H3/t19-,23+,24+,25-,26+,27+,28+,29+,30-,31+,32-,33?,34-,35+,36+,37+,38-,39-,40-/m1/s1. The number of hydrogen-bond donors (Lipinski definition) is 2. The largest absolute Gasteiger partial charge is 0.392 e. The van der Waals surface area contributed by atoms with Crippen molar-refractivity contribution >= 4 is 5.78 Å². The number of aliphatic hydroxyl groups is 1. The van der Waals surface area contributed by atoms with Gasteiger partial charge >= 0.3 is 0 Å². The third kappa shape index (κ3) is 6.59. The van der Waals surface area contributed by atoms with Crippen LogP contribution in [0.2, 0.25) is 0 Å². The van der Waals surface area contributed by atoms with Crippen LogP contribution in [0.4, 0.5) is 0 Å². The number of nitrogens with two attached hydrogens (primary N) is 1. The number of hydrogen-bond acceptors (Lipinski definition) is 12. The van der Waals surface area contributed by atoms with E-state index in [1.165, 1.54) is 0 Å². The predicted octanol–water partition coefficient (Wildman–Crippen LogP) is 3.44. The average molecular weight is 730 g/mol. The van der Waals surface area contributed by atoms with Crippen LogP contribution in [0.25, 0.3) is 0 Å². The molecule has 12 nitrogen and oxygen atoms in total. The number of methoxy groups -OCH3 is 1. The van der Waals surface area contributed by atoms with E-state index < -0.39 is 18.0 Å². The zero-order valence-electron chi connectivity index (χ0n) is 30.8. The molecule has 19 atom stereocenters. The molecular weight excluding hydrogens is 670 g/mol. The fourth-order valence-corrected chi connectivity index (χ4v) is 11.3. The van der Waals surface area contributed by atoms with Crippen molar-refractivity contribution in [2.24, 2.45) is 17.6 Å². The predicted molar refractivity (Wildman–Crippen MR) is 186 cm³/mol. The van der Waals surface area contributed by atoms with Gasteiger partial charge in [0.25, 0.3) is 0 Å². The highest BCUT2D eigenvalue weighted by molar-refractivity contribution is 5.79. The molecule has 0 amide bonds. The molecule has 3 N–H and O–H groups in total. The molecule has 0 aromatic rings. The Labute approximate surface area is 307 Å². The molecule has 10 rings (SSSR count). The summed E-state index contributed by atoms with van der Waals surface area (Å²) in [5, 5.41) is 10.5. The van der Waals surface area contributed by atoms with Crippen LogP contribution >= 0.6 is 0 Å². The maximum absolute atomic E-state index is 14.1. The normalized spacial score (nSPS) is 52.4. The fourth-order valence-electron chi connectivity index (χ4n) is 11.3. The number of rotatable bonds is 4. The zero-order chi connectivity index (χ0) is 35.9. The number of fused-ring (bicyclic) bond motifs is 6. The first-order valence-corrected chi connectivity index (χ1v) is 20.2. The quantitative estimate of drug-likeness (QED) is 0.409. The average Bonchev–Trinajstić information content (AvgIpc) is 3.79. The van der Waals surface area contributed by atoms with Gasteiger partial charge in [0.05, 0.1) is 67.1 Å². The number of carbonyl (C=O) groups is 1. The lowest BCUT2D eigenvalue weighted by Crippen LogP contribution is -2.61. The summed E-state index contributed by atoms with van der Waals surface area (Å²) in [4.78, 5) is 14.1. The molecule has 0 aromatic heterocycles. The van der Waals surface area contributed by atoms with E-state index in [2.05, 4.69) is 20.1 Å². The van der Waals surface area contributed by atoms with Gasteiger partial charge in [0, 0.05) is 58.1 Å². The molecule has 12 heteroatoms. The SMILES string of the molecule is C=C1C[C@@H]2CC[C@]34CC5O[C@H]6[C@H](O3)[C@H]3O[C@H](CC[C@@H]3O[C@H]6[C@H]5O4)CC(=O)C[C@@H]3[C@@H](OC)[C@@H](C[C@H](O)CN)O[C@H]3C[C@H]3O[C@@H](CC[C@@H]1O2)C[C@@H](C)C3=C. The van der Waals surface area contributed by atoms with Crippen LogP contribution in [-0.4, -0.2) is 128 Å². The maximum atomic E-state index is 14.1. The Morgan fingerprint density at radius 3 is 2.38 bits per heavy atom. The van der Waals surface area contributed by atoms with E-state index in [1.54, 1.807) is 7.11 Å². The first kappa shape index (κ1) is 36.4. The number of ketones is 1. The molecule has 0 aromatic carbocycles. The highest BCUT2D eigenvalue weighted by Crippen LogP contribution is 2.54. The van der Waals surface area contributed by atoms with E-state index in [0.29, 0.717) is 25.7 Å². The lowest BCUT2D eigenvalue weighted by molar-refractivity contribution is -0.292. The molecule has 0 radical (unpaired) electrons. The lowest BCUT2D eigenvalue weighted by Gasteiger charge is -2.47. The van der Waals surface area contributed by atoms with E-state index in [0.717, 1.165) is 56.1 Å². The van der Waals surface area contributed by atoms with Crippen molar-refractivity contribution in [2.75, 3.05) is 13.7 Å². The molecule has 1 spiro atoms. The van der Waals surface area contributed by atoms with Crippen molar-refractivity contribution in [3.05, 3.63) is 24.3 Å². The lowest BCUT2D eigenvalue weighted by atomic mass is 9.81. The van der Waals surface area contributed by atoms with Crippen LogP contribution in [0.3, 0.4) is 0 Å². The summed E-state index contributed by atoms with van der Waals surface area (Å²) in [6, 6.07) is 0. The topological polar surface area (TPSA) is 146 Å². The Hall–Kier alpha value is -1.29. The van der Waals surface area contributed by atoms with Gasteiger partial charge < -0.3 is 53.5 Å². The first-order valence-electron chi connectivity index (χ1n) is 20.2. The summed E-state index contributed by atoms with van der Waals surface area (Å²) in [7, 11) is 1.66. The summed E-state index contributed by atoms with van der Waals surface area (Å²) in [5.74, 6) is -0.619. The van der Waals surface area contributed by atoms with Crippen LogP contribution < -0.4 is 5.73 Å². The van der Waals surface area contributed by atoms with Crippen LogP contribution in [0.5, 0.6) is 0 Å². The molecule has 10 saturated heterocycles. The number of ether oxygens (including phenoxy) is 9. The molecule has 52 heavy (non-hydrogen) atoms. The van der Waals surface area contributed by atoms with Crippen LogP contribution in [-0.2, 0) is 47.4 Å². The second-order valence-electron chi connectivity index (χ2n) is 17.4. The molecule has 10 aliphatic rings. The minimum absolute atomic E-state index is 0.0158. The van der Waals surface area contributed by atoms with Gasteiger partial charge in [-0.25, -0.2) is 0 Å². The second-order valence-corrected chi connectivity index (χ2v) is 17.4. The molecule has 0 saturated carbocycles. The minimum atomic E-state index is -0.780. The fraction of sp³-hybridized carbons (Fsp3) is 0.875. The maximum Gasteiger partial charge on any atom is 0.172 e. The van der Waals surface area contributed by atoms with E-state index in [4.69, 9.17) is 48.4 Å². The molecular formula is C40H59NO11. The monoisotopic (exact) mass is 729 g/mol. The summed E-state index contributed by atoms with van der Waals surface area (Å²) in [6.07, 6.45) is 4.85. The van der Waals surface area contributed by atoms with Crippen molar-refractivity contribution in [2.45, 2.75) is 194 Å². The van der Waals surface area contributed by atoms with Crippen molar-refractivity contribution in [1.29, 1.82) is 0 Å². The number of Topliss-reactive ketones (excluding diaryl/α,β-unsaturated/α-hetero) is 1. The van der Waals surface area contributed by atoms with E-state index in [9.17, 15) is 9.90 Å². The molecule has 10 heterocycles. The van der Waals surface area contributed by atoms with Crippen molar-refractivity contribution in [1.82, 2.24) is 0 Å². The van der Waals surface area contributed by atoms with E-state index in [-0.39, 0.29) is 122 Å². The molecule has 1 unspecified atom stereocenters. The van der Waals surface area contributed by atoms with Gasteiger partial charge in [-0.05, 0) is 62.0 Å². The van der Waals surface area contributed by atoms with Crippen LogP contribution in [0, 0.1) is 11.8 Å². The smallest absolute Gasteiger partial charge is 0.172 e. The van der Waals surface area contributed by atoms with Crippen molar-refractivity contribution < 1.29 is 52.5 Å². The molecule has 12 bridgehead atoms. The number of aliphatic hydroxyl groups excluding tert-OH is 1. The van der Waals surface area contributed by atoms with Gasteiger partial charge in [0.1, 0.15) is 36.3 Å². The Morgan fingerprint density at radius 1 is 0.808 bits per heavy atom. The third-order valence-corrected chi connectivity index (χ3v) is 14.0. The Kier molecular flexibility index (Phi) is 10.0. The van der Waals surface area contributed by atoms with Gasteiger partial charge in [0.15, 0.2) is 5.79 Å². The highest BCUT2D eigenvalue weighted by atomic mass is 16.8. The Bertz CT molecular complexity index is 1380. The molecule has 10 aliphatic heterocycles. The minimum Gasteiger partial charge on any atom is -0.392 e. The summed E-state index contributed by atoms with van der Waals surface area (Å²) in [6.45, 7) is 11.3. The Morgan fingerprint density at radius 2 is 1.56 bits per heavy atom. The summed E-state index contributed by atoms with van der Waals surface area (Å²) >= 11 is 0. The van der Waals surface area contributed by atoms with Gasteiger partial charge in [-0.2, -0.15) is 0 Å². The van der Waals surface area contributed by atoms with E-state index in [1.807, 2.05) is 0 Å². The summed E-state index contributed by atoms with van der Waals surface area (Å²) < 4.78 is 60.0. The van der Waals surface area contributed by atoms with Crippen molar-refractivity contribution in [3.8, 4) is 0 Å². The van der Waals surface area contributed by atoms with Crippen LogP contribution in [0.1, 0.15) is 90.4 Å². The van der Waals surface area contributed by atoms with Gasteiger partial charge in [-0.3, -0.25) is 4.79 Å². The third-order valence-electron chi connectivity index (χ3n) is 14.0. The van der Waals surface area contributed by atoms with E-state index >= 15 is 0 Å². The highest BCUT2D eigenvalue weighted by Gasteiger charge is 2.68. The second kappa shape index (κ2) is 14.3. The zero-order valence-corrected chi connectivity index (χ0v) is 30.8. The van der Waals surface area contributed by atoms with Gasteiger partial charge in [-0.15, -0.1) is 0 Å². The molecule has 10 fully saturated rings. The summed E-state index contributed by atoms with van der Waals surface area (Å²) in [5.41, 5.74) is 8.01. The van der Waals surface area contributed by atoms with Crippen molar-refractivity contribution in [3.63, 3.8) is 0 Å². The van der Waals surface area contributed by atoms with Gasteiger partial charge in [-0.1, -0.05) is 20.1 Å². The van der Waals surface area contributed by atoms with Gasteiger partial charge in [0.2, 0.25) is 0 Å².